The molecule has 0 atom stereocenters. The van der Waals surface area contributed by atoms with Crippen molar-refractivity contribution in [1.82, 2.24) is 14.4 Å². The largest absolute Gasteiger partial charge is 0.493 e. The number of para-hydroxylation sites is 1. The molecule has 0 aliphatic rings. The summed E-state index contributed by atoms with van der Waals surface area (Å²) in [7, 11) is 1.59. The highest BCUT2D eigenvalue weighted by atomic mass is 32.1. The van der Waals surface area contributed by atoms with Gasteiger partial charge in [-0.3, -0.25) is 14.2 Å². The van der Waals surface area contributed by atoms with Gasteiger partial charge in [0.25, 0.3) is 5.56 Å². The maximum atomic E-state index is 13.4. The van der Waals surface area contributed by atoms with Crippen LogP contribution in [0.15, 0.2) is 83.2 Å². The summed E-state index contributed by atoms with van der Waals surface area (Å²) < 4.78 is 13.2. The molecule has 0 saturated heterocycles. The molecule has 0 spiro atoms. The molecule has 0 aliphatic heterocycles. The van der Waals surface area contributed by atoms with Crippen molar-refractivity contribution in [3.05, 3.63) is 111 Å². The van der Waals surface area contributed by atoms with Crippen LogP contribution in [-0.2, 0) is 6.61 Å². The smallest absolute Gasteiger partial charge is 0.266 e. The Morgan fingerprint density at radius 2 is 1.94 bits per heavy atom. The van der Waals surface area contributed by atoms with Crippen molar-refractivity contribution in [3.8, 4) is 28.7 Å². The molecule has 7 nitrogen and oxygen atoms in total. The fourth-order valence-corrected chi connectivity index (χ4v) is 4.49. The average molecular weight is 493 g/mol. The van der Waals surface area contributed by atoms with Crippen LogP contribution in [0.1, 0.15) is 22.5 Å². The Kier molecular flexibility index (Phi) is 6.56. The minimum atomic E-state index is -0.178. The van der Waals surface area contributed by atoms with Crippen LogP contribution in [0.25, 0.3) is 28.2 Å². The van der Waals surface area contributed by atoms with Crippen molar-refractivity contribution < 1.29 is 9.47 Å². The second-order valence-corrected chi connectivity index (χ2v) is 8.62. The number of nitrogens with zero attached hydrogens (tertiary/aromatic N) is 4. The molecule has 0 bridgehead atoms. The Morgan fingerprint density at radius 1 is 1.08 bits per heavy atom. The van der Waals surface area contributed by atoms with E-state index in [1.165, 1.54) is 15.7 Å². The molecular formula is C28H20N4O3S. The average Bonchev–Trinajstić information content (AvgIpc) is 3.40. The number of methoxy groups -OCH3 is 1. The van der Waals surface area contributed by atoms with Gasteiger partial charge in [-0.15, -0.1) is 11.3 Å². The monoisotopic (exact) mass is 492 g/mol. The Bertz CT molecular complexity index is 1650. The van der Waals surface area contributed by atoms with Crippen molar-refractivity contribution >= 4 is 28.4 Å². The van der Waals surface area contributed by atoms with Gasteiger partial charge >= 0.3 is 0 Å². The molecular weight excluding hydrogens is 472 g/mol. The lowest BCUT2D eigenvalue weighted by atomic mass is 10.0. The van der Waals surface area contributed by atoms with Crippen LogP contribution in [-0.4, -0.2) is 21.5 Å². The quantitative estimate of drug-likeness (QED) is 0.300. The van der Waals surface area contributed by atoms with E-state index in [1.807, 2.05) is 47.9 Å². The van der Waals surface area contributed by atoms with Gasteiger partial charge in [-0.05, 0) is 48.0 Å². The second-order valence-electron chi connectivity index (χ2n) is 7.74. The van der Waals surface area contributed by atoms with E-state index in [1.54, 1.807) is 49.8 Å². The summed E-state index contributed by atoms with van der Waals surface area (Å²) >= 11 is 1.39. The van der Waals surface area contributed by atoms with Crippen LogP contribution in [0.2, 0.25) is 0 Å². The minimum Gasteiger partial charge on any atom is -0.493 e. The van der Waals surface area contributed by atoms with E-state index < -0.39 is 0 Å². The van der Waals surface area contributed by atoms with E-state index in [2.05, 4.69) is 11.1 Å². The predicted octanol–water partition coefficient (Wildman–Crippen LogP) is 5.45. The molecule has 176 valence electrons. The molecule has 0 aliphatic carbocycles. The predicted molar refractivity (Wildman–Crippen MR) is 140 cm³/mol. The van der Waals surface area contributed by atoms with E-state index in [9.17, 15) is 4.79 Å². The molecule has 5 aromatic rings. The standard InChI is InChI=1S/C28H20N4O3S/c1-34-24-7-4-5-21(26(24)35-18-22-6-2-3-14-30-22)12-13-23-25(20-10-8-19(17-29)9-11-20)27(33)32-15-16-36-28(32)31-23/h2-16H,18H2,1H3/b13-12+. The van der Waals surface area contributed by atoms with Crippen molar-refractivity contribution in [2.24, 2.45) is 0 Å². The summed E-state index contributed by atoms with van der Waals surface area (Å²) in [6, 6.07) is 20.3. The van der Waals surface area contributed by atoms with Gasteiger partial charge in [0.1, 0.15) is 6.61 Å². The zero-order valence-corrected chi connectivity index (χ0v) is 20.1. The third-order valence-electron chi connectivity index (χ3n) is 5.54. The summed E-state index contributed by atoms with van der Waals surface area (Å²) in [5.41, 5.74) is 3.55. The summed E-state index contributed by atoms with van der Waals surface area (Å²) in [5, 5.41) is 11.0. The number of thiazole rings is 1. The van der Waals surface area contributed by atoms with Crippen LogP contribution in [0.3, 0.4) is 0 Å². The third kappa shape index (κ3) is 4.60. The first-order valence-electron chi connectivity index (χ1n) is 11.1. The number of nitriles is 1. The van der Waals surface area contributed by atoms with Crippen molar-refractivity contribution in [1.29, 1.82) is 5.26 Å². The van der Waals surface area contributed by atoms with Gasteiger partial charge in [0.15, 0.2) is 16.5 Å². The van der Waals surface area contributed by atoms with E-state index >= 15 is 0 Å². The molecule has 0 radical (unpaired) electrons. The first-order valence-corrected chi connectivity index (χ1v) is 11.9. The van der Waals surface area contributed by atoms with Crippen LogP contribution < -0.4 is 15.0 Å². The topological polar surface area (TPSA) is 89.5 Å². The number of hydrogen-bond acceptors (Lipinski definition) is 7. The molecule has 0 saturated carbocycles. The fraction of sp³-hybridized carbons (Fsp3) is 0.0714. The number of rotatable bonds is 7. The molecule has 36 heavy (non-hydrogen) atoms. The van der Waals surface area contributed by atoms with Gasteiger partial charge in [0.2, 0.25) is 0 Å². The Balaban J connectivity index is 1.58. The molecule has 8 heteroatoms. The first kappa shape index (κ1) is 23.0. The van der Waals surface area contributed by atoms with Crippen molar-refractivity contribution in [2.45, 2.75) is 6.61 Å². The lowest BCUT2D eigenvalue weighted by Crippen LogP contribution is -2.17. The zero-order valence-electron chi connectivity index (χ0n) is 19.3. The molecule has 0 unspecified atom stereocenters. The highest BCUT2D eigenvalue weighted by molar-refractivity contribution is 7.15. The Morgan fingerprint density at radius 3 is 2.69 bits per heavy atom. The van der Waals surface area contributed by atoms with Crippen LogP contribution >= 0.6 is 11.3 Å². The highest BCUT2D eigenvalue weighted by Gasteiger charge is 2.15. The van der Waals surface area contributed by atoms with Crippen LogP contribution in [0, 0.1) is 11.3 Å². The molecule has 3 aromatic heterocycles. The summed E-state index contributed by atoms with van der Waals surface area (Å²) in [5.74, 6) is 1.15. The van der Waals surface area contributed by atoms with E-state index in [-0.39, 0.29) is 12.2 Å². The summed E-state index contributed by atoms with van der Waals surface area (Å²) in [6.45, 7) is 0.277. The number of hydrogen-bond donors (Lipinski definition) is 0. The normalized spacial score (nSPS) is 11.0. The minimum absolute atomic E-state index is 0.178. The van der Waals surface area contributed by atoms with Gasteiger partial charge in [0.05, 0.1) is 35.7 Å². The van der Waals surface area contributed by atoms with Gasteiger partial charge in [-0.25, -0.2) is 4.98 Å². The summed E-state index contributed by atoms with van der Waals surface area (Å²) in [6.07, 6.45) is 7.09. The Hall–Kier alpha value is -4.74. The number of benzene rings is 2. The molecule has 0 fully saturated rings. The van der Waals surface area contributed by atoms with Crippen LogP contribution in [0.5, 0.6) is 11.5 Å². The zero-order chi connectivity index (χ0) is 24.9. The number of ether oxygens (including phenoxy) is 2. The third-order valence-corrected chi connectivity index (χ3v) is 6.29. The SMILES string of the molecule is COc1cccc(/C=C/c2nc3sccn3c(=O)c2-c2ccc(C#N)cc2)c1OCc1ccccn1. The van der Waals surface area contributed by atoms with Gasteiger partial charge in [-0.1, -0.05) is 30.3 Å². The second kappa shape index (κ2) is 10.3. The molecule has 3 heterocycles. The van der Waals surface area contributed by atoms with Gasteiger partial charge in [0, 0.05) is 23.3 Å². The number of fused-ring (bicyclic) bond motifs is 1. The van der Waals surface area contributed by atoms with E-state index in [0.29, 0.717) is 38.8 Å². The maximum absolute atomic E-state index is 13.4. The molecule has 2 aromatic carbocycles. The maximum Gasteiger partial charge on any atom is 0.266 e. The van der Waals surface area contributed by atoms with E-state index in [4.69, 9.17) is 19.7 Å². The molecule has 5 rings (SSSR count). The van der Waals surface area contributed by atoms with Crippen molar-refractivity contribution in [2.75, 3.05) is 7.11 Å². The lowest BCUT2D eigenvalue weighted by Gasteiger charge is -2.13. The molecule has 0 amide bonds. The van der Waals surface area contributed by atoms with Gasteiger partial charge < -0.3 is 9.47 Å². The number of aromatic nitrogens is 3. The Labute approximate surface area is 211 Å². The van der Waals surface area contributed by atoms with E-state index in [0.717, 1.165) is 11.3 Å². The fourth-order valence-electron chi connectivity index (χ4n) is 3.78. The molecule has 0 N–H and O–H groups in total. The lowest BCUT2D eigenvalue weighted by molar-refractivity contribution is 0.280. The first-order chi connectivity index (χ1) is 17.7. The summed E-state index contributed by atoms with van der Waals surface area (Å²) in [4.78, 5) is 23.0. The highest BCUT2D eigenvalue weighted by Crippen LogP contribution is 2.33. The van der Waals surface area contributed by atoms with Gasteiger partial charge in [-0.2, -0.15) is 5.26 Å². The number of pyridine rings is 1. The van der Waals surface area contributed by atoms with Crippen molar-refractivity contribution in [3.63, 3.8) is 0 Å². The van der Waals surface area contributed by atoms with Crippen LogP contribution in [0.4, 0.5) is 0 Å².